The van der Waals surface area contributed by atoms with E-state index in [1.165, 1.54) is 6.42 Å². The van der Waals surface area contributed by atoms with Gasteiger partial charge >= 0.3 is 23.9 Å². The molecule has 4 aromatic rings. The molecule has 2 saturated carbocycles. The van der Waals surface area contributed by atoms with Crippen LogP contribution in [0, 0.1) is 23.7 Å². The topological polar surface area (TPSA) is 127 Å². The number of unbranched alkanes of at least 4 members (excludes halogenated alkanes) is 5. The summed E-state index contributed by atoms with van der Waals surface area (Å²) >= 11 is 0. The molecule has 0 radical (unpaired) electrons. The molecule has 8 heteroatoms. The van der Waals surface area contributed by atoms with Gasteiger partial charge in [-0.1, -0.05) is 148 Å². The van der Waals surface area contributed by atoms with Crippen LogP contribution in [0.25, 0.3) is 11.1 Å². The average Bonchev–Trinajstić information content (AvgIpc) is 3.14. The zero-order valence-corrected chi connectivity index (χ0v) is 31.9. The summed E-state index contributed by atoms with van der Waals surface area (Å²) in [4.78, 5) is 53.3. The fourth-order valence-electron chi connectivity index (χ4n) is 9.02. The van der Waals surface area contributed by atoms with Crippen molar-refractivity contribution in [2.24, 2.45) is 23.7 Å². The summed E-state index contributed by atoms with van der Waals surface area (Å²) in [5, 5.41) is 21.1. The number of carbonyl (C=O) groups excluding carboxylic acids is 2. The van der Waals surface area contributed by atoms with Crippen LogP contribution in [0.3, 0.4) is 0 Å². The van der Waals surface area contributed by atoms with Crippen LogP contribution in [0.2, 0.25) is 0 Å². The Labute approximate surface area is 323 Å². The van der Waals surface area contributed by atoms with Gasteiger partial charge in [0.05, 0.1) is 36.4 Å². The van der Waals surface area contributed by atoms with E-state index < -0.39 is 65.3 Å². The molecule has 2 N–H and O–H groups in total. The number of rotatable bonds is 17. The van der Waals surface area contributed by atoms with E-state index >= 15 is 0 Å². The lowest BCUT2D eigenvalue weighted by atomic mass is 9.52. The van der Waals surface area contributed by atoms with Crippen LogP contribution in [0.5, 0.6) is 0 Å². The minimum Gasteiger partial charge on any atom is -0.481 e. The minimum absolute atomic E-state index is 0.301. The molecule has 2 aliphatic carbocycles. The van der Waals surface area contributed by atoms with Crippen LogP contribution < -0.4 is 0 Å². The highest BCUT2D eigenvalue weighted by Crippen LogP contribution is 2.60. The van der Waals surface area contributed by atoms with Crippen molar-refractivity contribution >= 4 is 23.9 Å². The van der Waals surface area contributed by atoms with E-state index in [1.54, 1.807) is 13.8 Å². The molecule has 8 nitrogen and oxygen atoms in total. The van der Waals surface area contributed by atoms with Gasteiger partial charge in [-0.3, -0.25) is 19.2 Å². The highest BCUT2D eigenvalue weighted by atomic mass is 16.5. The maximum atomic E-state index is 13.9. The molecule has 0 aromatic heterocycles. The van der Waals surface area contributed by atoms with Gasteiger partial charge in [0.1, 0.15) is 0 Å². The van der Waals surface area contributed by atoms with Crippen LogP contribution in [0.4, 0.5) is 0 Å². The number of esters is 2. The van der Waals surface area contributed by atoms with Crippen LogP contribution in [0.1, 0.15) is 105 Å². The van der Waals surface area contributed by atoms with Gasteiger partial charge in [-0.05, 0) is 53.6 Å². The molecular weight excluding hydrogens is 693 g/mol. The van der Waals surface area contributed by atoms with E-state index in [2.05, 4.69) is 6.92 Å². The van der Waals surface area contributed by atoms with E-state index in [0.717, 1.165) is 59.9 Å². The van der Waals surface area contributed by atoms with Crippen LogP contribution in [0.15, 0.2) is 109 Å². The quantitative estimate of drug-likeness (QED) is 0.0809. The number of aliphatic carboxylic acids is 2. The third kappa shape index (κ3) is 8.54. The first-order valence-electron chi connectivity index (χ1n) is 19.7. The largest absolute Gasteiger partial charge is 0.481 e. The molecule has 288 valence electrons. The van der Waals surface area contributed by atoms with Gasteiger partial charge in [0, 0.05) is 23.7 Å². The zero-order valence-electron chi connectivity index (χ0n) is 31.9. The van der Waals surface area contributed by atoms with Crippen LogP contribution >= 0.6 is 0 Å². The summed E-state index contributed by atoms with van der Waals surface area (Å²) in [6.45, 7) is 6.04. The number of benzene rings is 4. The predicted molar refractivity (Wildman–Crippen MR) is 211 cm³/mol. The summed E-state index contributed by atoms with van der Waals surface area (Å²) in [6, 6.07) is 33.8. The van der Waals surface area contributed by atoms with Crippen molar-refractivity contribution in [1.29, 1.82) is 0 Å². The van der Waals surface area contributed by atoms with E-state index in [1.807, 2.05) is 109 Å². The minimum atomic E-state index is -0.980. The van der Waals surface area contributed by atoms with Crippen LogP contribution in [-0.4, -0.2) is 46.8 Å². The van der Waals surface area contributed by atoms with Gasteiger partial charge in [-0.2, -0.15) is 0 Å². The average molecular weight is 745 g/mol. The lowest BCUT2D eigenvalue weighted by Crippen LogP contribution is -2.51. The summed E-state index contributed by atoms with van der Waals surface area (Å²) in [5.41, 5.74) is 4.58. The van der Waals surface area contributed by atoms with Gasteiger partial charge in [-0.15, -0.1) is 0 Å². The summed E-state index contributed by atoms with van der Waals surface area (Å²) in [5.74, 6) is -8.16. The van der Waals surface area contributed by atoms with Gasteiger partial charge in [-0.25, -0.2) is 0 Å². The highest BCUT2D eigenvalue weighted by molar-refractivity contribution is 5.86. The van der Waals surface area contributed by atoms with Crippen molar-refractivity contribution < 1.29 is 38.9 Å². The molecule has 0 bridgehead atoms. The summed E-state index contributed by atoms with van der Waals surface area (Å²) < 4.78 is 11.6. The molecule has 0 amide bonds. The molecule has 0 unspecified atom stereocenters. The zero-order chi connectivity index (χ0) is 39.1. The van der Waals surface area contributed by atoms with Crippen molar-refractivity contribution in [3.63, 3.8) is 0 Å². The molecule has 2 fully saturated rings. The Bertz CT molecular complexity index is 1940. The summed E-state index contributed by atoms with van der Waals surface area (Å²) in [6.07, 6.45) is 5.98. The Morgan fingerprint density at radius 3 is 1.40 bits per heavy atom. The van der Waals surface area contributed by atoms with Gasteiger partial charge in [0.2, 0.25) is 0 Å². The van der Waals surface area contributed by atoms with Crippen molar-refractivity contribution in [2.75, 3.05) is 6.61 Å². The van der Waals surface area contributed by atoms with E-state index in [0.29, 0.717) is 12.2 Å². The Kier molecular flexibility index (Phi) is 12.9. The van der Waals surface area contributed by atoms with E-state index in [-0.39, 0.29) is 12.1 Å². The third-order valence-electron chi connectivity index (χ3n) is 11.5. The predicted octanol–water partition coefficient (Wildman–Crippen LogP) is 9.60. The van der Waals surface area contributed by atoms with Gasteiger partial charge in [0.25, 0.3) is 0 Å². The number of ether oxygens (including phenoxy) is 2. The second-order valence-electron chi connectivity index (χ2n) is 15.4. The Morgan fingerprint density at radius 1 is 0.527 bits per heavy atom. The van der Waals surface area contributed by atoms with E-state index in [9.17, 15) is 29.4 Å². The molecule has 8 atom stereocenters. The Morgan fingerprint density at radius 2 is 0.945 bits per heavy atom. The number of carboxylic acid groups (broad SMARTS) is 2. The maximum Gasteiger partial charge on any atom is 0.310 e. The first kappa shape index (κ1) is 39.5. The molecule has 0 spiro atoms. The fourth-order valence-corrected chi connectivity index (χ4v) is 9.02. The standard InChI is InChI=1S/C47H52O8/c1-4-5-6-7-8-15-26-54-46(52)42-36(30-18-11-9-12-19-30)40(44(48)49)38(42)34-24-16-22-32(27-34)33-23-17-25-35(28-33)39-41(45(50)51)37(31-20-13-10-14-21-31)43(39)47(53)55-29(2)3/h9-14,16-25,27-29,36-43H,4-8,15,26H2,1-3H3,(H,48,49)(H,50,51)/t36-,37-,38-,39-,40-,41+,42+,43-/m1/s1. The van der Waals surface area contributed by atoms with Crippen molar-refractivity contribution in [3.8, 4) is 11.1 Å². The molecule has 55 heavy (non-hydrogen) atoms. The number of hydrogen-bond acceptors (Lipinski definition) is 6. The van der Waals surface area contributed by atoms with Crippen LogP contribution in [-0.2, 0) is 28.7 Å². The molecule has 0 saturated heterocycles. The SMILES string of the molecule is CCCCCCCCOC(=O)[C@H]1[C@H](c2ccccc2)[C@@H](C(=O)O)[C@H]1c1cccc(-c2cccc([C@@H]3[C@@H](C(=O)O)[C@@H](c4ccccc4)[C@H]3C(=O)OC(C)C)c2)c1. The lowest BCUT2D eigenvalue weighted by molar-refractivity contribution is -0.167. The van der Waals surface area contributed by atoms with Crippen molar-refractivity contribution in [3.05, 3.63) is 131 Å². The first-order valence-corrected chi connectivity index (χ1v) is 19.7. The van der Waals surface area contributed by atoms with Crippen molar-refractivity contribution in [2.45, 2.75) is 89.1 Å². The van der Waals surface area contributed by atoms with Gasteiger partial charge in [0.15, 0.2) is 0 Å². The second-order valence-corrected chi connectivity index (χ2v) is 15.4. The molecule has 0 heterocycles. The smallest absolute Gasteiger partial charge is 0.310 e. The second kappa shape index (κ2) is 17.9. The molecule has 6 rings (SSSR count). The maximum absolute atomic E-state index is 13.9. The lowest BCUT2D eigenvalue weighted by Gasteiger charge is -2.49. The number of carboxylic acids is 2. The Hall–Kier alpha value is -5.24. The molecule has 4 aromatic carbocycles. The van der Waals surface area contributed by atoms with Gasteiger partial charge < -0.3 is 19.7 Å². The third-order valence-corrected chi connectivity index (χ3v) is 11.5. The summed E-state index contributed by atoms with van der Waals surface area (Å²) in [7, 11) is 0. The van der Waals surface area contributed by atoms with E-state index in [4.69, 9.17) is 9.47 Å². The highest BCUT2D eigenvalue weighted by Gasteiger charge is 2.60. The Balaban J connectivity index is 1.31. The monoisotopic (exact) mass is 744 g/mol. The van der Waals surface area contributed by atoms with Crippen molar-refractivity contribution in [1.82, 2.24) is 0 Å². The normalized spacial score (nSPS) is 24.3. The first-order chi connectivity index (χ1) is 26.6. The number of carbonyl (C=O) groups is 4. The number of hydrogen-bond donors (Lipinski definition) is 2. The molecule has 0 aliphatic heterocycles. The fraction of sp³-hybridized carbons (Fsp3) is 0.404. The molecule has 2 aliphatic rings. The molecular formula is C47H52O8.